The zero-order valence-electron chi connectivity index (χ0n) is 14.8. The summed E-state index contributed by atoms with van der Waals surface area (Å²) in [6.45, 7) is 2.87. The molecule has 0 saturated carbocycles. The standard InChI is InChI=1S/C19H17F3N4O2/c20-19(21,22)16-5-6-17(18(11-16)26(27)28)25-9-7-24(8-10-25)13-15-3-1-14(12-23)2-4-15/h1-6,11H,7-10,13H2. The second-order valence-corrected chi connectivity index (χ2v) is 6.53. The van der Waals surface area contributed by atoms with E-state index in [-0.39, 0.29) is 5.69 Å². The van der Waals surface area contributed by atoms with Crippen LogP contribution in [0.1, 0.15) is 16.7 Å². The van der Waals surface area contributed by atoms with Gasteiger partial charge in [0.1, 0.15) is 5.69 Å². The van der Waals surface area contributed by atoms with E-state index in [1.165, 1.54) is 6.07 Å². The molecule has 9 heteroatoms. The Morgan fingerprint density at radius 1 is 1.07 bits per heavy atom. The minimum Gasteiger partial charge on any atom is -0.363 e. The van der Waals surface area contributed by atoms with E-state index in [0.717, 1.165) is 11.6 Å². The predicted octanol–water partition coefficient (Wildman–Crippen LogP) is 3.81. The molecule has 0 unspecified atom stereocenters. The van der Waals surface area contributed by atoms with Crippen LogP contribution >= 0.6 is 0 Å². The van der Waals surface area contributed by atoms with Crippen LogP contribution in [-0.2, 0) is 12.7 Å². The van der Waals surface area contributed by atoms with E-state index in [1.54, 1.807) is 17.0 Å². The Bertz CT molecular complexity index is 899. The smallest absolute Gasteiger partial charge is 0.363 e. The minimum atomic E-state index is -4.62. The van der Waals surface area contributed by atoms with Gasteiger partial charge in [0.05, 0.1) is 22.1 Å². The number of halogens is 3. The van der Waals surface area contributed by atoms with Gasteiger partial charge in [0.25, 0.3) is 5.69 Å². The number of piperazine rings is 1. The molecule has 0 aliphatic carbocycles. The first-order valence-electron chi connectivity index (χ1n) is 8.60. The number of hydrogen-bond acceptors (Lipinski definition) is 5. The number of nitriles is 1. The van der Waals surface area contributed by atoms with E-state index in [2.05, 4.69) is 11.0 Å². The molecular weight excluding hydrogens is 373 g/mol. The number of nitro groups is 1. The molecule has 1 aliphatic rings. The normalized spacial score (nSPS) is 15.3. The molecule has 0 atom stereocenters. The number of alkyl halides is 3. The number of nitrogens with zero attached hydrogens (tertiary/aromatic N) is 4. The third-order valence-electron chi connectivity index (χ3n) is 4.70. The van der Waals surface area contributed by atoms with E-state index in [1.807, 2.05) is 12.1 Å². The highest BCUT2D eigenvalue weighted by molar-refractivity contribution is 5.65. The summed E-state index contributed by atoms with van der Waals surface area (Å²) >= 11 is 0. The maximum Gasteiger partial charge on any atom is 0.416 e. The van der Waals surface area contributed by atoms with Crippen LogP contribution < -0.4 is 4.90 Å². The van der Waals surface area contributed by atoms with E-state index in [9.17, 15) is 23.3 Å². The Balaban J connectivity index is 1.68. The zero-order chi connectivity index (χ0) is 20.3. The van der Waals surface area contributed by atoms with Crippen molar-refractivity contribution in [1.29, 1.82) is 5.26 Å². The number of anilines is 1. The van der Waals surface area contributed by atoms with Crippen molar-refractivity contribution in [2.45, 2.75) is 12.7 Å². The van der Waals surface area contributed by atoms with Crippen LogP contribution in [0.3, 0.4) is 0 Å². The maximum atomic E-state index is 12.9. The van der Waals surface area contributed by atoms with Gasteiger partial charge < -0.3 is 4.90 Å². The highest BCUT2D eigenvalue weighted by Gasteiger charge is 2.34. The van der Waals surface area contributed by atoms with Crippen molar-refractivity contribution in [2.75, 3.05) is 31.1 Å². The van der Waals surface area contributed by atoms with Crippen molar-refractivity contribution in [3.63, 3.8) is 0 Å². The van der Waals surface area contributed by atoms with Gasteiger partial charge >= 0.3 is 6.18 Å². The molecular formula is C19H17F3N4O2. The third kappa shape index (κ3) is 4.40. The molecule has 2 aromatic carbocycles. The van der Waals surface area contributed by atoms with Gasteiger partial charge in [-0.05, 0) is 29.8 Å². The summed E-state index contributed by atoms with van der Waals surface area (Å²) in [6.07, 6.45) is -4.62. The Morgan fingerprint density at radius 2 is 1.71 bits per heavy atom. The SMILES string of the molecule is N#Cc1ccc(CN2CCN(c3ccc(C(F)(F)F)cc3[N+](=O)[O-])CC2)cc1. The van der Waals surface area contributed by atoms with Gasteiger partial charge in [0, 0.05) is 38.8 Å². The molecule has 0 aromatic heterocycles. The monoisotopic (exact) mass is 390 g/mol. The third-order valence-corrected chi connectivity index (χ3v) is 4.70. The van der Waals surface area contributed by atoms with Crippen LogP contribution in [0.2, 0.25) is 0 Å². The second kappa shape index (κ2) is 7.86. The summed E-state index contributed by atoms with van der Waals surface area (Å²) in [7, 11) is 0. The molecule has 0 N–H and O–H groups in total. The lowest BCUT2D eigenvalue weighted by atomic mass is 10.1. The van der Waals surface area contributed by atoms with E-state index >= 15 is 0 Å². The van der Waals surface area contributed by atoms with Crippen LogP contribution in [0.4, 0.5) is 24.5 Å². The highest BCUT2D eigenvalue weighted by Crippen LogP contribution is 2.36. The molecule has 1 heterocycles. The first-order valence-corrected chi connectivity index (χ1v) is 8.60. The Morgan fingerprint density at radius 3 is 2.25 bits per heavy atom. The lowest BCUT2D eigenvalue weighted by molar-refractivity contribution is -0.384. The topological polar surface area (TPSA) is 73.4 Å². The van der Waals surface area contributed by atoms with E-state index in [4.69, 9.17) is 5.26 Å². The van der Waals surface area contributed by atoms with Crippen molar-refractivity contribution in [2.24, 2.45) is 0 Å². The summed E-state index contributed by atoms with van der Waals surface area (Å²) in [5.74, 6) is 0. The van der Waals surface area contributed by atoms with Crippen molar-refractivity contribution in [3.05, 3.63) is 69.3 Å². The lowest BCUT2D eigenvalue weighted by Gasteiger charge is -2.35. The summed E-state index contributed by atoms with van der Waals surface area (Å²) in [5.41, 5.74) is 0.282. The largest absolute Gasteiger partial charge is 0.416 e. The minimum absolute atomic E-state index is 0.205. The van der Waals surface area contributed by atoms with Gasteiger partial charge in [-0.15, -0.1) is 0 Å². The fourth-order valence-corrected chi connectivity index (χ4v) is 3.20. The molecule has 3 rings (SSSR count). The molecule has 2 aromatic rings. The average Bonchev–Trinajstić information content (AvgIpc) is 2.68. The number of rotatable bonds is 4. The van der Waals surface area contributed by atoms with Crippen molar-refractivity contribution >= 4 is 11.4 Å². The number of benzene rings is 2. The predicted molar refractivity (Wildman–Crippen MR) is 96.7 cm³/mol. The molecule has 28 heavy (non-hydrogen) atoms. The van der Waals surface area contributed by atoms with Crippen LogP contribution in [0, 0.1) is 21.4 Å². The summed E-state index contributed by atoms with van der Waals surface area (Å²) < 4.78 is 38.6. The molecule has 0 amide bonds. The molecule has 0 spiro atoms. The van der Waals surface area contributed by atoms with Gasteiger partial charge in [-0.2, -0.15) is 18.4 Å². The first-order chi connectivity index (χ1) is 13.3. The molecule has 1 aliphatic heterocycles. The highest BCUT2D eigenvalue weighted by atomic mass is 19.4. The van der Waals surface area contributed by atoms with Crippen LogP contribution in [0.15, 0.2) is 42.5 Å². The second-order valence-electron chi connectivity index (χ2n) is 6.53. The molecule has 0 bridgehead atoms. The average molecular weight is 390 g/mol. The molecule has 1 saturated heterocycles. The Kier molecular flexibility index (Phi) is 5.51. The van der Waals surface area contributed by atoms with E-state index < -0.39 is 22.4 Å². The van der Waals surface area contributed by atoms with Crippen molar-refractivity contribution in [3.8, 4) is 6.07 Å². The Hall–Kier alpha value is -3.12. The van der Waals surface area contributed by atoms with Crippen LogP contribution in [0.25, 0.3) is 0 Å². The maximum absolute atomic E-state index is 12.9. The molecule has 0 radical (unpaired) electrons. The van der Waals surface area contributed by atoms with Crippen LogP contribution in [0.5, 0.6) is 0 Å². The van der Waals surface area contributed by atoms with Gasteiger partial charge in [0.2, 0.25) is 0 Å². The number of nitro benzene ring substituents is 1. The summed E-state index contributed by atoms with van der Waals surface area (Å²) in [5, 5.41) is 20.1. The van der Waals surface area contributed by atoms with Crippen LogP contribution in [-0.4, -0.2) is 36.0 Å². The first kappa shape index (κ1) is 19.6. The Labute approximate surface area is 159 Å². The fourth-order valence-electron chi connectivity index (χ4n) is 3.20. The van der Waals surface area contributed by atoms with Gasteiger partial charge in [0.15, 0.2) is 0 Å². The van der Waals surface area contributed by atoms with Gasteiger partial charge in [-0.3, -0.25) is 15.0 Å². The molecule has 1 fully saturated rings. The zero-order valence-corrected chi connectivity index (χ0v) is 14.8. The van der Waals surface area contributed by atoms with Crippen molar-refractivity contribution < 1.29 is 18.1 Å². The number of hydrogen-bond donors (Lipinski definition) is 0. The van der Waals surface area contributed by atoms with Crippen molar-refractivity contribution in [1.82, 2.24) is 4.90 Å². The lowest BCUT2D eigenvalue weighted by Crippen LogP contribution is -2.46. The molecule has 6 nitrogen and oxygen atoms in total. The summed E-state index contributed by atoms with van der Waals surface area (Å²) in [6, 6.07) is 12.0. The quantitative estimate of drug-likeness (QED) is 0.586. The fraction of sp³-hybridized carbons (Fsp3) is 0.316. The molecule has 146 valence electrons. The summed E-state index contributed by atoms with van der Waals surface area (Å²) in [4.78, 5) is 14.4. The van der Waals surface area contributed by atoms with Gasteiger partial charge in [-0.25, -0.2) is 0 Å². The van der Waals surface area contributed by atoms with E-state index in [0.29, 0.717) is 44.4 Å². The van der Waals surface area contributed by atoms with Gasteiger partial charge in [-0.1, -0.05) is 12.1 Å².